The maximum atomic E-state index is 5.97. The summed E-state index contributed by atoms with van der Waals surface area (Å²) in [5.74, 6) is 1.91. The van der Waals surface area contributed by atoms with Crippen LogP contribution in [0, 0.1) is 0 Å². The van der Waals surface area contributed by atoms with E-state index >= 15 is 0 Å². The molecule has 6 heteroatoms. The van der Waals surface area contributed by atoms with Crippen molar-refractivity contribution < 1.29 is 9.47 Å². The molecule has 0 radical (unpaired) electrons. The second-order valence-corrected chi connectivity index (χ2v) is 7.07. The maximum Gasteiger partial charge on any atom is 0.194 e. The molecule has 1 aromatic rings. The highest BCUT2D eigenvalue weighted by Gasteiger charge is 2.21. The van der Waals surface area contributed by atoms with Gasteiger partial charge >= 0.3 is 0 Å². The van der Waals surface area contributed by atoms with Crippen LogP contribution in [0.25, 0.3) is 0 Å². The van der Waals surface area contributed by atoms with Crippen molar-refractivity contribution in [3.8, 4) is 5.75 Å². The molecule has 0 atom stereocenters. The van der Waals surface area contributed by atoms with Gasteiger partial charge in [-0.1, -0.05) is 18.2 Å². The van der Waals surface area contributed by atoms with Crippen LogP contribution in [0.4, 0.5) is 0 Å². The number of likely N-dealkylation sites (N-methyl/N-ethyl adjacent to an activating group) is 1. The Bertz CT molecular complexity index is 569. The second-order valence-electron chi connectivity index (χ2n) is 7.07. The van der Waals surface area contributed by atoms with Gasteiger partial charge in [-0.3, -0.25) is 0 Å². The van der Waals surface area contributed by atoms with E-state index in [0.717, 1.165) is 62.9 Å². The van der Waals surface area contributed by atoms with Gasteiger partial charge in [0, 0.05) is 38.3 Å². The Morgan fingerprint density at radius 2 is 1.96 bits per heavy atom. The summed E-state index contributed by atoms with van der Waals surface area (Å²) in [5, 5.41) is 3.43. The lowest BCUT2D eigenvalue weighted by molar-refractivity contribution is 0.0263. The van der Waals surface area contributed by atoms with Crippen molar-refractivity contribution in [2.24, 2.45) is 4.99 Å². The van der Waals surface area contributed by atoms with E-state index < -0.39 is 0 Å². The predicted octanol–water partition coefficient (Wildman–Crippen LogP) is 2.59. The van der Waals surface area contributed by atoms with Gasteiger partial charge in [0.05, 0.1) is 12.6 Å². The lowest BCUT2D eigenvalue weighted by Crippen LogP contribution is -2.47. The van der Waals surface area contributed by atoms with Gasteiger partial charge in [-0.05, 0) is 46.9 Å². The molecule has 0 unspecified atom stereocenters. The first-order valence-corrected chi connectivity index (χ1v) is 10.1. The zero-order chi connectivity index (χ0) is 19.5. The van der Waals surface area contributed by atoms with Gasteiger partial charge in [0.15, 0.2) is 5.96 Å². The number of para-hydroxylation sites is 1. The molecule has 2 rings (SSSR count). The molecule has 0 aromatic heterocycles. The summed E-state index contributed by atoms with van der Waals surface area (Å²) in [7, 11) is 4.11. The van der Waals surface area contributed by atoms with E-state index in [1.807, 2.05) is 18.2 Å². The minimum absolute atomic E-state index is 0.389. The molecule has 1 aromatic carbocycles. The number of aliphatic imine (C=N–C) groups is 1. The van der Waals surface area contributed by atoms with Gasteiger partial charge in [-0.15, -0.1) is 0 Å². The molecule has 27 heavy (non-hydrogen) atoms. The van der Waals surface area contributed by atoms with Crippen LogP contribution in [0.5, 0.6) is 5.75 Å². The van der Waals surface area contributed by atoms with Gasteiger partial charge in [0.1, 0.15) is 12.4 Å². The minimum atomic E-state index is 0.389. The molecular formula is C21H36N4O2. The van der Waals surface area contributed by atoms with Crippen molar-refractivity contribution in [2.75, 3.05) is 53.5 Å². The Balaban J connectivity index is 1.98. The molecule has 0 aliphatic carbocycles. The highest BCUT2D eigenvalue weighted by atomic mass is 16.5. The quantitative estimate of drug-likeness (QED) is 0.530. The Morgan fingerprint density at radius 1 is 1.22 bits per heavy atom. The van der Waals surface area contributed by atoms with Crippen LogP contribution in [-0.4, -0.2) is 75.4 Å². The average molecular weight is 377 g/mol. The topological polar surface area (TPSA) is 49.3 Å². The smallest absolute Gasteiger partial charge is 0.194 e. The molecule has 1 aliphatic rings. The molecule has 152 valence electrons. The number of nitrogens with zero attached hydrogens (tertiary/aromatic N) is 3. The number of rotatable bonds is 9. The Morgan fingerprint density at radius 3 is 2.63 bits per heavy atom. The fourth-order valence-electron chi connectivity index (χ4n) is 3.17. The third kappa shape index (κ3) is 7.39. The number of piperidine rings is 1. The Kier molecular flexibility index (Phi) is 9.42. The van der Waals surface area contributed by atoms with Gasteiger partial charge in [-0.25, -0.2) is 4.99 Å². The average Bonchev–Trinajstić information content (AvgIpc) is 2.67. The van der Waals surface area contributed by atoms with E-state index in [2.05, 4.69) is 49.1 Å². The molecule has 1 heterocycles. The summed E-state index contributed by atoms with van der Waals surface area (Å²) in [6.07, 6.45) is 2.50. The van der Waals surface area contributed by atoms with Crippen molar-refractivity contribution in [3.05, 3.63) is 29.8 Å². The van der Waals surface area contributed by atoms with E-state index in [4.69, 9.17) is 14.5 Å². The zero-order valence-corrected chi connectivity index (χ0v) is 17.4. The molecular weight excluding hydrogens is 340 g/mol. The molecule has 0 amide bonds. The fraction of sp³-hybridized carbons (Fsp3) is 0.667. The first kappa shape index (κ1) is 21.5. The van der Waals surface area contributed by atoms with E-state index in [9.17, 15) is 0 Å². The van der Waals surface area contributed by atoms with Crippen LogP contribution in [0.15, 0.2) is 29.3 Å². The highest BCUT2D eigenvalue weighted by Crippen LogP contribution is 2.19. The van der Waals surface area contributed by atoms with Gasteiger partial charge in [-0.2, -0.15) is 0 Å². The number of guanidine groups is 1. The van der Waals surface area contributed by atoms with Crippen molar-refractivity contribution in [3.63, 3.8) is 0 Å². The Hall–Kier alpha value is -1.79. The number of likely N-dealkylation sites (tertiary alicyclic amines) is 1. The summed E-state index contributed by atoms with van der Waals surface area (Å²) in [6.45, 7) is 10.00. The maximum absolute atomic E-state index is 5.97. The molecule has 0 saturated carbocycles. The number of nitrogens with one attached hydrogen (secondary N) is 1. The second kappa shape index (κ2) is 11.8. The highest BCUT2D eigenvalue weighted by molar-refractivity contribution is 5.80. The van der Waals surface area contributed by atoms with Gasteiger partial charge < -0.3 is 24.6 Å². The van der Waals surface area contributed by atoms with Crippen LogP contribution in [0.2, 0.25) is 0 Å². The van der Waals surface area contributed by atoms with Crippen molar-refractivity contribution >= 4 is 5.96 Å². The lowest BCUT2D eigenvalue weighted by atomic mass is 10.1. The first-order chi connectivity index (χ1) is 13.1. The van der Waals surface area contributed by atoms with E-state index in [1.54, 1.807) is 0 Å². The van der Waals surface area contributed by atoms with Gasteiger partial charge in [0.25, 0.3) is 0 Å². The van der Waals surface area contributed by atoms with E-state index in [-0.39, 0.29) is 0 Å². The van der Waals surface area contributed by atoms with Crippen molar-refractivity contribution in [2.45, 2.75) is 39.3 Å². The largest absolute Gasteiger partial charge is 0.492 e. The third-order valence-corrected chi connectivity index (χ3v) is 4.65. The normalized spacial score (nSPS) is 16.0. The molecule has 1 fully saturated rings. The molecule has 0 bridgehead atoms. The van der Waals surface area contributed by atoms with Crippen LogP contribution in [0.3, 0.4) is 0 Å². The summed E-state index contributed by atoms with van der Waals surface area (Å²) in [4.78, 5) is 9.35. The molecule has 1 aliphatic heterocycles. The minimum Gasteiger partial charge on any atom is -0.492 e. The van der Waals surface area contributed by atoms with E-state index in [0.29, 0.717) is 19.3 Å². The van der Waals surface area contributed by atoms with Crippen LogP contribution in [0.1, 0.15) is 32.3 Å². The lowest BCUT2D eigenvalue weighted by Gasteiger charge is -2.34. The SMILES string of the molecule is CCNC(=NCc1ccccc1OCCN(C)C)N1CCC(OCC)CC1. The fourth-order valence-corrected chi connectivity index (χ4v) is 3.17. The summed E-state index contributed by atoms with van der Waals surface area (Å²) in [5.41, 5.74) is 1.12. The summed E-state index contributed by atoms with van der Waals surface area (Å²) >= 11 is 0. The van der Waals surface area contributed by atoms with E-state index in [1.165, 1.54) is 0 Å². The van der Waals surface area contributed by atoms with Crippen molar-refractivity contribution in [1.29, 1.82) is 0 Å². The number of benzene rings is 1. The number of hydrogen-bond acceptors (Lipinski definition) is 4. The summed E-state index contributed by atoms with van der Waals surface area (Å²) in [6, 6.07) is 8.19. The number of hydrogen-bond donors (Lipinski definition) is 1. The molecule has 0 spiro atoms. The summed E-state index contributed by atoms with van der Waals surface area (Å²) < 4.78 is 11.7. The molecule has 6 nitrogen and oxygen atoms in total. The molecule has 1 saturated heterocycles. The molecule has 1 N–H and O–H groups in total. The van der Waals surface area contributed by atoms with Gasteiger partial charge in [0.2, 0.25) is 0 Å². The van der Waals surface area contributed by atoms with Crippen LogP contribution in [-0.2, 0) is 11.3 Å². The van der Waals surface area contributed by atoms with Crippen molar-refractivity contribution in [1.82, 2.24) is 15.1 Å². The van der Waals surface area contributed by atoms with Crippen LogP contribution < -0.4 is 10.1 Å². The predicted molar refractivity (Wildman–Crippen MR) is 112 cm³/mol. The third-order valence-electron chi connectivity index (χ3n) is 4.65. The Labute approximate surface area is 164 Å². The van der Waals surface area contributed by atoms with Crippen LogP contribution >= 0.6 is 0 Å². The monoisotopic (exact) mass is 376 g/mol. The zero-order valence-electron chi connectivity index (χ0n) is 17.4. The first-order valence-electron chi connectivity index (χ1n) is 10.1. The standard InChI is InChI=1S/C21H36N4O2/c1-5-22-21(25-13-11-19(12-14-25)26-6-2)23-17-18-9-7-8-10-20(18)27-16-15-24(3)4/h7-10,19H,5-6,11-17H2,1-4H3,(H,22,23). The number of ether oxygens (including phenoxy) is 2.